The molecular formula is C22H27N9O2. The first-order valence-corrected chi connectivity index (χ1v) is 11.4. The molecule has 11 heteroatoms. The molecule has 3 aromatic rings. The second-order valence-corrected chi connectivity index (χ2v) is 8.50. The molecule has 3 N–H and O–H groups in total. The Hall–Kier alpha value is -3.76. The van der Waals surface area contributed by atoms with E-state index in [9.17, 15) is 9.90 Å². The second kappa shape index (κ2) is 9.39. The van der Waals surface area contributed by atoms with Crippen LogP contribution in [0.15, 0.2) is 30.5 Å². The van der Waals surface area contributed by atoms with Gasteiger partial charge in [0.15, 0.2) is 0 Å². The Morgan fingerprint density at radius 2 is 1.88 bits per heavy atom. The van der Waals surface area contributed by atoms with Gasteiger partial charge in [0.2, 0.25) is 5.82 Å². The van der Waals surface area contributed by atoms with Gasteiger partial charge in [0, 0.05) is 49.5 Å². The zero-order chi connectivity index (χ0) is 22.6. The molecule has 1 aliphatic heterocycles. The third-order valence-electron chi connectivity index (χ3n) is 6.30. The van der Waals surface area contributed by atoms with Crippen LogP contribution in [-0.4, -0.2) is 78.9 Å². The topological polar surface area (TPSA) is 136 Å². The summed E-state index contributed by atoms with van der Waals surface area (Å²) in [5, 5.41) is 27.3. The van der Waals surface area contributed by atoms with Crippen molar-refractivity contribution in [2.24, 2.45) is 0 Å². The van der Waals surface area contributed by atoms with Crippen LogP contribution in [0.25, 0.3) is 22.6 Å². The van der Waals surface area contributed by atoms with Crippen molar-refractivity contribution < 1.29 is 9.90 Å². The Labute approximate surface area is 191 Å². The molecule has 11 nitrogen and oxygen atoms in total. The Bertz CT molecular complexity index is 1090. The van der Waals surface area contributed by atoms with Gasteiger partial charge in [-0.3, -0.25) is 0 Å². The highest BCUT2D eigenvalue weighted by atomic mass is 16.4. The molecule has 0 radical (unpaired) electrons. The van der Waals surface area contributed by atoms with Crippen LogP contribution in [0, 0.1) is 0 Å². The molecule has 1 saturated carbocycles. The van der Waals surface area contributed by atoms with Gasteiger partial charge in [-0.1, -0.05) is 19.3 Å². The maximum Gasteiger partial charge on any atom is 0.407 e. The fourth-order valence-corrected chi connectivity index (χ4v) is 4.49. The lowest BCUT2D eigenvalue weighted by atomic mass is 9.95. The Morgan fingerprint density at radius 1 is 1.06 bits per heavy atom. The van der Waals surface area contributed by atoms with E-state index in [2.05, 4.69) is 35.8 Å². The summed E-state index contributed by atoms with van der Waals surface area (Å²) < 4.78 is 0. The molecular weight excluding hydrogens is 422 g/mol. The van der Waals surface area contributed by atoms with E-state index in [0.29, 0.717) is 38.0 Å². The van der Waals surface area contributed by atoms with Crippen molar-refractivity contribution in [2.45, 2.75) is 38.1 Å². The van der Waals surface area contributed by atoms with Gasteiger partial charge in [0.05, 0.1) is 5.69 Å². The minimum atomic E-state index is -0.890. The molecule has 1 aliphatic carbocycles. The molecule has 4 heterocycles. The number of hydrogen-bond acceptors (Lipinski definition) is 8. The third kappa shape index (κ3) is 4.86. The molecule has 33 heavy (non-hydrogen) atoms. The number of piperazine rings is 1. The van der Waals surface area contributed by atoms with Crippen LogP contribution in [-0.2, 0) is 0 Å². The summed E-state index contributed by atoms with van der Waals surface area (Å²) in [7, 11) is 0. The van der Waals surface area contributed by atoms with Crippen molar-refractivity contribution in [1.82, 2.24) is 35.5 Å². The van der Waals surface area contributed by atoms with E-state index < -0.39 is 6.09 Å². The van der Waals surface area contributed by atoms with Crippen LogP contribution in [0.3, 0.4) is 0 Å². The SMILES string of the molecule is O=C(O)N1CCN(c2cc(-c3nn[nH]n3)cc(-c3ccnc(NC4CCCCC4)c3)n2)CC1. The van der Waals surface area contributed by atoms with E-state index in [0.717, 1.165) is 28.5 Å². The molecule has 0 atom stereocenters. The van der Waals surface area contributed by atoms with Crippen molar-refractivity contribution in [3.8, 4) is 22.6 Å². The number of H-pyrrole nitrogens is 1. The lowest BCUT2D eigenvalue weighted by molar-refractivity contribution is 0.142. The van der Waals surface area contributed by atoms with Crippen molar-refractivity contribution in [3.05, 3.63) is 30.5 Å². The largest absolute Gasteiger partial charge is 0.465 e. The standard InChI is InChI=1S/C22H27N9O2/c32-22(33)31-10-8-30(9-11-31)20-14-16(21-26-28-29-27-21)12-18(25-20)15-6-7-23-19(13-15)24-17-4-2-1-3-5-17/h6-7,12-14,17H,1-5,8-11H2,(H,23,24)(H,32,33)(H,26,27,28,29). The predicted octanol–water partition coefficient (Wildman–Crippen LogP) is 2.87. The minimum Gasteiger partial charge on any atom is -0.465 e. The number of tetrazole rings is 1. The highest BCUT2D eigenvalue weighted by Crippen LogP contribution is 2.29. The molecule has 0 aromatic carbocycles. The number of aromatic nitrogens is 6. The van der Waals surface area contributed by atoms with Crippen LogP contribution in [0.4, 0.5) is 16.4 Å². The van der Waals surface area contributed by atoms with Gasteiger partial charge in [-0.05, 0) is 42.3 Å². The molecule has 1 amide bonds. The number of aromatic amines is 1. The van der Waals surface area contributed by atoms with Gasteiger partial charge in [0.1, 0.15) is 11.6 Å². The molecule has 2 aliphatic rings. The zero-order valence-electron chi connectivity index (χ0n) is 18.3. The van der Waals surface area contributed by atoms with E-state index in [-0.39, 0.29) is 0 Å². The second-order valence-electron chi connectivity index (χ2n) is 8.50. The van der Waals surface area contributed by atoms with Crippen molar-refractivity contribution in [2.75, 3.05) is 36.4 Å². The van der Waals surface area contributed by atoms with E-state index in [1.54, 1.807) is 6.20 Å². The normalized spacial score (nSPS) is 17.2. The monoisotopic (exact) mass is 449 g/mol. The van der Waals surface area contributed by atoms with Crippen molar-refractivity contribution >= 4 is 17.7 Å². The number of nitrogens with one attached hydrogen (secondary N) is 2. The highest BCUT2D eigenvalue weighted by molar-refractivity contribution is 5.72. The summed E-state index contributed by atoms with van der Waals surface area (Å²) in [5.74, 6) is 2.09. The van der Waals surface area contributed by atoms with Crippen LogP contribution in [0.5, 0.6) is 0 Å². The first kappa shape index (κ1) is 21.1. The highest BCUT2D eigenvalue weighted by Gasteiger charge is 2.23. The van der Waals surface area contributed by atoms with Gasteiger partial charge >= 0.3 is 6.09 Å². The van der Waals surface area contributed by atoms with E-state index in [4.69, 9.17) is 4.98 Å². The average molecular weight is 450 g/mol. The van der Waals surface area contributed by atoms with Gasteiger partial charge < -0.3 is 20.2 Å². The summed E-state index contributed by atoms with van der Waals surface area (Å²) in [6.45, 7) is 2.01. The molecule has 0 bridgehead atoms. The number of carboxylic acid groups (broad SMARTS) is 1. The van der Waals surface area contributed by atoms with Crippen LogP contribution >= 0.6 is 0 Å². The van der Waals surface area contributed by atoms with Gasteiger partial charge in [-0.15, -0.1) is 10.2 Å². The molecule has 0 spiro atoms. The van der Waals surface area contributed by atoms with Crippen LogP contribution in [0.1, 0.15) is 32.1 Å². The summed E-state index contributed by atoms with van der Waals surface area (Å²) in [6.07, 6.45) is 7.07. The third-order valence-corrected chi connectivity index (χ3v) is 6.30. The number of pyridine rings is 2. The van der Waals surface area contributed by atoms with E-state index in [1.165, 1.54) is 37.0 Å². The molecule has 3 aromatic heterocycles. The van der Waals surface area contributed by atoms with Gasteiger partial charge in [-0.2, -0.15) is 5.21 Å². The molecule has 0 unspecified atom stereocenters. The van der Waals surface area contributed by atoms with Crippen LogP contribution < -0.4 is 10.2 Å². The number of hydrogen-bond donors (Lipinski definition) is 3. The number of nitrogens with zero attached hydrogens (tertiary/aromatic N) is 7. The van der Waals surface area contributed by atoms with Gasteiger partial charge in [0.25, 0.3) is 0 Å². The minimum absolute atomic E-state index is 0.434. The Balaban J connectivity index is 1.44. The predicted molar refractivity (Wildman–Crippen MR) is 123 cm³/mol. The maximum absolute atomic E-state index is 11.3. The average Bonchev–Trinajstić information content (AvgIpc) is 3.40. The summed E-state index contributed by atoms with van der Waals surface area (Å²) >= 11 is 0. The fourth-order valence-electron chi connectivity index (χ4n) is 4.49. The van der Waals surface area contributed by atoms with Crippen molar-refractivity contribution in [1.29, 1.82) is 0 Å². The number of anilines is 2. The van der Waals surface area contributed by atoms with Gasteiger partial charge in [-0.25, -0.2) is 14.8 Å². The maximum atomic E-state index is 11.3. The molecule has 5 rings (SSSR count). The first-order chi connectivity index (χ1) is 16.2. The molecule has 1 saturated heterocycles. The molecule has 172 valence electrons. The van der Waals surface area contributed by atoms with E-state index >= 15 is 0 Å². The smallest absolute Gasteiger partial charge is 0.407 e. The lowest BCUT2D eigenvalue weighted by Crippen LogP contribution is -2.48. The van der Waals surface area contributed by atoms with E-state index in [1.807, 2.05) is 24.3 Å². The first-order valence-electron chi connectivity index (χ1n) is 11.4. The molecule has 2 fully saturated rings. The Kier molecular flexibility index (Phi) is 6.01. The summed E-state index contributed by atoms with van der Waals surface area (Å²) in [6, 6.07) is 8.31. The zero-order valence-corrected chi connectivity index (χ0v) is 18.3. The summed E-state index contributed by atoms with van der Waals surface area (Å²) in [4.78, 5) is 24.2. The summed E-state index contributed by atoms with van der Waals surface area (Å²) in [5.41, 5.74) is 2.52. The number of rotatable bonds is 5. The number of carbonyl (C=O) groups is 1. The quantitative estimate of drug-likeness (QED) is 0.537. The van der Waals surface area contributed by atoms with Crippen LogP contribution in [0.2, 0.25) is 0 Å². The lowest BCUT2D eigenvalue weighted by Gasteiger charge is -2.34. The number of amides is 1. The van der Waals surface area contributed by atoms with Crippen molar-refractivity contribution in [3.63, 3.8) is 0 Å². The Morgan fingerprint density at radius 3 is 2.61 bits per heavy atom. The fraction of sp³-hybridized carbons (Fsp3) is 0.455.